The minimum atomic E-state index is -0.102. The van der Waals surface area contributed by atoms with Crippen LogP contribution in [0.15, 0.2) is 18.2 Å². The summed E-state index contributed by atoms with van der Waals surface area (Å²) >= 11 is 5.99. The van der Waals surface area contributed by atoms with Gasteiger partial charge >= 0.3 is 0 Å². The normalized spacial score (nSPS) is 12.3. The minimum absolute atomic E-state index is 0.102. The summed E-state index contributed by atoms with van der Waals surface area (Å²) in [5.41, 5.74) is 1.60. The quantitative estimate of drug-likeness (QED) is 0.841. The Morgan fingerprint density at radius 2 is 2.20 bits per heavy atom. The number of amides is 1. The molecule has 0 aliphatic heterocycles. The van der Waals surface area contributed by atoms with E-state index in [1.54, 1.807) is 12.1 Å². The Labute approximate surface area is 95.6 Å². The van der Waals surface area contributed by atoms with Crippen molar-refractivity contribution in [3.63, 3.8) is 0 Å². The predicted molar refractivity (Wildman–Crippen MR) is 63.4 cm³/mol. The Morgan fingerprint density at radius 1 is 1.53 bits per heavy atom. The molecule has 15 heavy (non-hydrogen) atoms. The third-order valence-electron chi connectivity index (χ3n) is 2.36. The van der Waals surface area contributed by atoms with E-state index in [-0.39, 0.29) is 11.9 Å². The second kappa shape index (κ2) is 5.17. The lowest BCUT2D eigenvalue weighted by Crippen LogP contribution is -2.32. The highest BCUT2D eigenvalue weighted by atomic mass is 35.5. The van der Waals surface area contributed by atoms with Gasteiger partial charge in [0.1, 0.15) is 0 Å². The minimum Gasteiger partial charge on any atom is -0.350 e. The lowest BCUT2D eigenvalue weighted by atomic mass is 10.1. The van der Waals surface area contributed by atoms with Crippen LogP contribution >= 0.6 is 11.6 Å². The topological polar surface area (TPSA) is 29.1 Å². The summed E-state index contributed by atoms with van der Waals surface area (Å²) in [4.78, 5) is 11.8. The van der Waals surface area contributed by atoms with Crippen LogP contribution in [0.25, 0.3) is 0 Å². The van der Waals surface area contributed by atoms with Crippen molar-refractivity contribution in [2.24, 2.45) is 0 Å². The van der Waals surface area contributed by atoms with Gasteiger partial charge < -0.3 is 5.32 Å². The summed E-state index contributed by atoms with van der Waals surface area (Å²) in [5, 5.41) is 3.39. The van der Waals surface area contributed by atoms with Gasteiger partial charge in [0, 0.05) is 6.04 Å². The standard InChI is InChI=1S/C12H16ClNO/c1-4-9(3)14-12(15)10-6-5-8(2)7-11(10)13/h5-7,9H,4H2,1-3H3,(H,14,15). The van der Waals surface area contributed by atoms with Crippen LogP contribution in [0.5, 0.6) is 0 Å². The lowest BCUT2D eigenvalue weighted by molar-refractivity contribution is 0.0939. The number of halogens is 1. The number of hydrogen-bond acceptors (Lipinski definition) is 1. The van der Waals surface area contributed by atoms with Crippen LogP contribution in [-0.2, 0) is 0 Å². The largest absolute Gasteiger partial charge is 0.350 e. The maximum Gasteiger partial charge on any atom is 0.252 e. The van der Waals surface area contributed by atoms with E-state index in [0.29, 0.717) is 10.6 Å². The number of aryl methyl sites for hydroxylation is 1. The van der Waals surface area contributed by atoms with Gasteiger partial charge in [-0.05, 0) is 38.0 Å². The van der Waals surface area contributed by atoms with E-state index >= 15 is 0 Å². The molecule has 2 nitrogen and oxygen atoms in total. The Balaban J connectivity index is 2.82. The van der Waals surface area contributed by atoms with Gasteiger partial charge in [0.2, 0.25) is 0 Å². The van der Waals surface area contributed by atoms with Crippen LogP contribution < -0.4 is 5.32 Å². The molecular weight excluding hydrogens is 210 g/mol. The Morgan fingerprint density at radius 3 is 2.73 bits per heavy atom. The monoisotopic (exact) mass is 225 g/mol. The van der Waals surface area contributed by atoms with E-state index in [1.165, 1.54) is 0 Å². The molecule has 1 unspecified atom stereocenters. The van der Waals surface area contributed by atoms with Gasteiger partial charge in [-0.2, -0.15) is 0 Å². The van der Waals surface area contributed by atoms with E-state index < -0.39 is 0 Å². The first-order chi connectivity index (χ1) is 7.04. The van der Waals surface area contributed by atoms with Crippen LogP contribution in [-0.4, -0.2) is 11.9 Å². The smallest absolute Gasteiger partial charge is 0.252 e. The molecule has 1 N–H and O–H groups in total. The average molecular weight is 226 g/mol. The summed E-state index contributed by atoms with van der Waals surface area (Å²) in [5.74, 6) is -0.102. The second-order valence-electron chi connectivity index (χ2n) is 3.77. The molecule has 1 aromatic rings. The molecule has 0 aliphatic rings. The number of benzene rings is 1. The number of nitrogens with one attached hydrogen (secondary N) is 1. The first kappa shape index (κ1) is 12.1. The van der Waals surface area contributed by atoms with Gasteiger partial charge in [0.05, 0.1) is 10.6 Å². The van der Waals surface area contributed by atoms with Gasteiger partial charge in [-0.25, -0.2) is 0 Å². The fourth-order valence-corrected chi connectivity index (χ4v) is 1.53. The fraction of sp³-hybridized carbons (Fsp3) is 0.417. The fourth-order valence-electron chi connectivity index (χ4n) is 1.21. The number of carbonyl (C=O) groups excluding carboxylic acids is 1. The summed E-state index contributed by atoms with van der Waals surface area (Å²) in [6.45, 7) is 5.95. The Hall–Kier alpha value is -1.02. The van der Waals surface area contributed by atoms with Gasteiger partial charge in [0.15, 0.2) is 0 Å². The molecule has 1 atom stereocenters. The van der Waals surface area contributed by atoms with Crippen molar-refractivity contribution in [1.82, 2.24) is 5.32 Å². The van der Waals surface area contributed by atoms with Crippen LogP contribution in [0.4, 0.5) is 0 Å². The van der Waals surface area contributed by atoms with Crippen molar-refractivity contribution >= 4 is 17.5 Å². The molecule has 1 aromatic carbocycles. The molecule has 1 amide bonds. The zero-order valence-electron chi connectivity index (χ0n) is 9.30. The molecule has 0 aliphatic carbocycles. The molecule has 1 rings (SSSR count). The van der Waals surface area contributed by atoms with Crippen molar-refractivity contribution < 1.29 is 4.79 Å². The highest BCUT2D eigenvalue weighted by Gasteiger charge is 2.11. The zero-order valence-corrected chi connectivity index (χ0v) is 10.1. The predicted octanol–water partition coefficient (Wildman–Crippen LogP) is 3.18. The van der Waals surface area contributed by atoms with Crippen LogP contribution in [0, 0.1) is 6.92 Å². The van der Waals surface area contributed by atoms with Crippen LogP contribution in [0.2, 0.25) is 5.02 Å². The van der Waals surface area contributed by atoms with Gasteiger partial charge in [-0.1, -0.05) is 24.6 Å². The highest BCUT2D eigenvalue weighted by molar-refractivity contribution is 6.33. The molecule has 0 saturated carbocycles. The van der Waals surface area contributed by atoms with Crippen molar-refractivity contribution in [3.05, 3.63) is 34.3 Å². The average Bonchev–Trinajstić information content (AvgIpc) is 2.17. The van der Waals surface area contributed by atoms with Crippen LogP contribution in [0.3, 0.4) is 0 Å². The third-order valence-corrected chi connectivity index (χ3v) is 2.67. The summed E-state index contributed by atoms with van der Waals surface area (Å²) in [7, 11) is 0. The maximum atomic E-state index is 11.8. The zero-order chi connectivity index (χ0) is 11.4. The molecule has 0 saturated heterocycles. The summed E-state index contributed by atoms with van der Waals surface area (Å²) in [6.07, 6.45) is 0.912. The molecule has 3 heteroatoms. The van der Waals surface area contributed by atoms with Crippen molar-refractivity contribution in [1.29, 1.82) is 0 Å². The van der Waals surface area contributed by atoms with Crippen LogP contribution in [0.1, 0.15) is 36.2 Å². The number of hydrogen-bond donors (Lipinski definition) is 1. The molecule has 0 aromatic heterocycles. The van der Waals surface area contributed by atoms with Gasteiger partial charge in [-0.15, -0.1) is 0 Å². The number of rotatable bonds is 3. The second-order valence-corrected chi connectivity index (χ2v) is 4.17. The number of carbonyl (C=O) groups is 1. The van der Waals surface area contributed by atoms with Crippen molar-refractivity contribution in [2.45, 2.75) is 33.2 Å². The first-order valence-corrected chi connectivity index (χ1v) is 5.49. The molecule has 0 heterocycles. The third kappa shape index (κ3) is 3.24. The van der Waals surface area contributed by atoms with E-state index in [2.05, 4.69) is 5.32 Å². The molecule has 0 radical (unpaired) electrons. The van der Waals surface area contributed by atoms with Gasteiger partial charge in [0.25, 0.3) is 5.91 Å². The van der Waals surface area contributed by atoms with Gasteiger partial charge in [-0.3, -0.25) is 4.79 Å². The molecule has 82 valence electrons. The van der Waals surface area contributed by atoms with E-state index in [0.717, 1.165) is 12.0 Å². The highest BCUT2D eigenvalue weighted by Crippen LogP contribution is 2.17. The SMILES string of the molecule is CCC(C)NC(=O)c1ccc(C)cc1Cl. The molecular formula is C12H16ClNO. The first-order valence-electron chi connectivity index (χ1n) is 5.11. The molecule has 0 bridgehead atoms. The van der Waals surface area contributed by atoms with E-state index in [9.17, 15) is 4.79 Å². The van der Waals surface area contributed by atoms with Crippen molar-refractivity contribution in [3.8, 4) is 0 Å². The van der Waals surface area contributed by atoms with Crippen molar-refractivity contribution in [2.75, 3.05) is 0 Å². The maximum absolute atomic E-state index is 11.8. The Bertz CT molecular complexity index is 363. The van der Waals surface area contributed by atoms with E-state index in [4.69, 9.17) is 11.6 Å². The van der Waals surface area contributed by atoms with E-state index in [1.807, 2.05) is 26.8 Å². The molecule has 0 fully saturated rings. The summed E-state index contributed by atoms with van der Waals surface area (Å²) < 4.78 is 0. The molecule has 0 spiro atoms. The Kier molecular flexibility index (Phi) is 4.15. The lowest BCUT2D eigenvalue weighted by Gasteiger charge is -2.12. The summed E-state index contributed by atoms with van der Waals surface area (Å²) in [6, 6.07) is 5.62.